The van der Waals surface area contributed by atoms with E-state index in [1.807, 2.05) is 18.2 Å². The Labute approximate surface area is 116 Å². The van der Waals surface area contributed by atoms with Crippen molar-refractivity contribution < 1.29 is 15.0 Å². The van der Waals surface area contributed by atoms with Gasteiger partial charge in [-0.1, -0.05) is 12.1 Å². The summed E-state index contributed by atoms with van der Waals surface area (Å²) in [5, 5.41) is 20.2. The topological polar surface area (TPSA) is 89.5 Å². The average Bonchev–Trinajstić information content (AvgIpc) is 3.13. The Hall–Kier alpha value is -1.92. The number of amides is 1. The maximum atomic E-state index is 12.0. The number of rotatable bonds is 3. The van der Waals surface area contributed by atoms with Gasteiger partial charge in [0.2, 0.25) is 0 Å². The molecule has 6 heteroatoms. The standard InChI is InChI=1S/C14H17N3O3/c18-11(12(19)14(20)17-7-3-4-8-17)13-15-9-5-1-2-6-10(9)16-13/h1-2,5-6,11-12,18-19H,3-4,7-8H2,(H,15,16). The highest BCUT2D eigenvalue weighted by atomic mass is 16.3. The van der Waals surface area contributed by atoms with Crippen molar-refractivity contribution in [1.29, 1.82) is 0 Å². The van der Waals surface area contributed by atoms with Crippen molar-refractivity contribution in [3.63, 3.8) is 0 Å². The zero-order valence-corrected chi connectivity index (χ0v) is 11.0. The Morgan fingerprint density at radius 3 is 2.65 bits per heavy atom. The maximum absolute atomic E-state index is 12.0. The summed E-state index contributed by atoms with van der Waals surface area (Å²) in [5.74, 6) is -0.221. The third-order valence-corrected chi connectivity index (χ3v) is 3.66. The van der Waals surface area contributed by atoms with Crippen molar-refractivity contribution in [2.24, 2.45) is 0 Å². The van der Waals surface area contributed by atoms with Crippen LogP contribution in [-0.4, -0.2) is 50.2 Å². The van der Waals surface area contributed by atoms with Gasteiger partial charge in [0.15, 0.2) is 6.10 Å². The van der Waals surface area contributed by atoms with Crippen LogP contribution >= 0.6 is 0 Å². The minimum absolute atomic E-state index is 0.214. The number of hydrogen-bond donors (Lipinski definition) is 3. The number of hydrogen-bond acceptors (Lipinski definition) is 4. The van der Waals surface area contributed by atoms with Crippen molar-refractivity contribution >= 4 is 16.9 Å². The molecule has 2 heterocycles. The second-order valence-electron chi connectivity index (χ2n) is 5.06. The Morgan fingerprint density at radius 1 is 1.25 bits per heavy atom. The summed E-state index contributed by atoms with van der Waals surface area (Å²) >= 11 is 0. The van der Waals surface area contributed by atoms with Crippen molar-refractivity contribution in [2.45, 2.75) is 25.0 Å². The monoisotopic (exact) mass is 275 g/mol. The minimum atomic E-state index is -1.48. The fourth-order valence-electron chi connectivity index (χ4n) is 2.52. The number of carbonyl (C=O) groups is 1. The third-order valence-electron chi connectivity index (χ3n) is 3.66. The lowest BCUT2D eigenvalue weighted by molar-refractivity contribution is -0.145. The predicted molar refractivity (Wildman–Crippen MR) is 72.9 cm³/mol. The van der Waals surface area contributed by atoms with Gasteiger partial charge in [-0.05, 0) is 25.0 Å². The second kappa shape index (κ2) is 5.22. The van der Waals surface area contributed by atoms with Crippen LogP contribution < -0.4 is 0 Å². The zero-order chi connectivity index (χ0) is 14.1. The number of H-pyrrole nitrogens is 1. The molecule has 1 fully saturated rings. The van der Waals surface area contributed by atoms with Crippen LogP contribution in [0.15, 0.2) is 24.3 Å². The van der Waals surface area contributed by atoms with Crippen LogP contribution in [0.1, 0.15) is 24.8 Å². The molecule has 20 heavy (non-hydrogen) atoms. The van der Waals surface area contributed by atoms with Gasteiger partial charge in [0.1, 0.15) is 11.9 Å². The number of likely N-dealkylation sites (tertiary alicyclic amines) is 1. The second-order valence-corrected chi connectivity index (χ2v) is 5.06. The van der Waals surface area contributed by atoms with E-state index in [2.05, 4.69) is 9.97 Å². The van der Waals surface area contributed by atoms with Crippen molar-refractivity contribution in [2.75, 3.05) is 13.1 Å². The summed E-state index contributed by atoms with van der Waals surface area (Å²) in [7, 11) is 0. The first kappa shape index (κ1) is 13.1. The minimum Gasteiger partial charge on any atom is -0.382 e. The molecule has 3 rings (SSSR count). The van der Waals surface area contributed by atoms with E-state index in [0.29, 0.717) is 18.6 Å². The third kappa shape index (κ3) is 2.28. The molecule has 1 amide bonds. The molecule has 0 bridgehead atoms. The lowest BCUT2D eigenvalue weighted by atomic mass is 10.1. The molecule has 0 saturated carbocycles. The molecule has 2 atom stereocenters. The van der Waals surface area contributed by atoms with Gasteiger partial charge in [0.05, 0.1) is 11.0 Å². The summed E-state index contributed by atoms with van der Waals surface area (Å²) < 4.78 is 0. The molecule has 0 aliphatic carbocycles. The summed E-state index contributed by atoms with van der Waals surface area (Å²) in [6.45, 7) is 1.28. The highest BCUT2D eigenvalue weighted by Gasteiger charge is 2.32. The molecule has 0 radical (unpaired) electrons. The van der Waals surface area contributed by atoms with Gasteiger partial charge in [-0.2, -0.15) is 0 Å². The van der Waals surface area contributed by atoms with E-state index in [0.717, 1.165) is 18.4 Å². The number of benzene rings is 1. The normalized spacial score (nSPS) is 18.4. The SMILES string of the molecule is O=C(C(O)C(O)c1nc2ccccc2[nH]1)N1CCCC1. The van der Waals surface area contributed by atoms with Crippen molar-refractivity contribution in [3.05, 3.63) is 30.1 Å². The first-order chi connectivity index (χ1) is 9.66. The van der Waals surface area contributed by atoms with Crippen LogP contribution in [-0.2, 0) is 4.79 Å². The summed E-state index contributed by atoms with van der Waals surface area (Å²) in [6.07, 6.45) is -0.928. The number of imidazole rings is 1. The number of aliphatic hydroxyl groups is 2. The van der Waals surface area contributed by atoms with E-state index in [1.165, 1.54) is 0 Å². The molecule has 1 aromatic carbocycles. The molecule has 2 aromatic rings. The molecule has 1 aromatic heterocycles. The molecule has 0 spiro atoms. The maximum Gasteiger partial charge on any atom is 0.254 e. The van der Waals surface area contributed by atoms with E-state index in [1.54, 1.807) is 11.0 Å². The Morgan fingerprint density at radius 2 is 1.95 bits per heavy atom. The lowest BCUT2D eigenvalue weighted by Crippen LogP contribution is -2.40. The summed E-state index contributed by atoms with van der Waals surface area (Å²) in [5.41, 5.74) is 1.46. The van der Waals surface area contributed by atoms with Crippen LogP contribution in [0, 0.1) is 0 Å². The van der Waals surface area contributed by atoms with Gasteiger partial charge in [-0.25, -0.2) is 4.98 Å². The van der Waals surface area contributed by atoms with Gasteiger partial charge in [-0.15, -0.1) is 0 Å². The lowest BCUT2D eigenvalue weighted by Gasteiger charge is -2.21. The van der Waals surface area contributed by atoms with E-state index in [4.69, 9.17) is 0 Å². The number of para-hydroxylation sites is 2. The molecule has 1 saturated heterocycles. The number of aromatic nitrogens is 2. The van der Waals surface area contributed by atoms with E-state index >= 15 is 0 Å². The van der Waals surface area contributed by atoms with Crippen molar-refractivity contribution in [3.8, 4) is 0 Å². The van der Waals surface area contributed by atoms with Gasteiger partial charge < -0.3 is 20.1 Å². The van der Waals surface area contributed by atoms with Crippen molar-refractivity contribution in [1.82, 2.24) is 14.9 Å². The number of nitrogens with one attached hydrogen (secondary N) is 1. The smallest absolute Gasteiger partial charge is 0.254 e. The predicted octanol–water partition coefficient (Wildman–Crippen LogP) is 0.580. The molecule has 1 aliphatic heterocycles. The average molecular weight is 275 g/mol. The van der Waals surface area contributed by atoms with E-state index in [9.17, 15) is 15.0 Å². The molecule has 6 nitrogen and oxygen atoms in total. The zero-order valence-electron chi connectivity index (χ0n) is 11.0. The van der Waals surface area contributed by atoms with Crippen LogP contribution in [0.4, 0.5) is 0 Å². The molecular weight excluding hydrogens is 258 g/mol. The van der Waals surface area contributed by atoms with E-state index in [-0.39, 0.29) is 5.82 Å². The van der Waals surface area contributed by atoms with E-state index < -0.39 is 18.1 Å². The highest BCUT2D eigenvalue weighted by Crippen LogP contribution is 2.20. The number of aliphatic hydroxyl groups excluding tert-OH is 2. The molecule has 106 valence electrons. The van der Waals surface area contributed by atoms with Gasteiger partial charge in [0, 0.05) is 13.1 Å². The Balaban J connectivity index is 1.80. The molecule has 3 N–H and O–H groups in total. The summed E-state index contributed by atoms with van der Waals surface area (Å²) in [6, 6.07) is 7.32. The molecular formula is C14H17N3O3. The van der Waals surface area contributed by atoms with Crippen LogP contribution in [0.2, 0.25) is 0 Å². The quantitative estimate of drug-likeness (QED) is 0.764. The number of nitrogens with zero attached hydrogens (tertiary/aromatic N) is 2. The Bertz CT molecular complexity index is 586. The highest BCUT2D eigenvalue weighted by molar-refractivity contribution is 5.82. The van der Waals surface area contributed by atoms with Gasteiger partial charge in [-0.3, -0.25) is 4.79 Å². The largest absolute Gasteiger partial charge is 0.382 e. The van der Waals surface area contributed by atoms with Crippen LogP contribution in [0.3, 0.4) is 0 Å². The van der Waals surface area contributed by atoms with Crippen LogP contribution in [0.25, 0.3) is 11.0 Å². The molecule has 1 aliphatic rings. The number of carbonyl (C=O) groups excluding carboxylic acids is 1. The van der Waals surface area contributed by atoms with Crippen LogP contribution in [0.5, 0.6) is 0 Å². The summed E-state index contributed by atoms with van der Waals surface area (Å²) in [4.78, 5) is 20.8. The number of fused-ring (bicyclic) bond motifs is 1. The first-order valence-corrected chi connectivity index (χ1v) is 6.76. The van der Waals surface area contributed by atoms with Gasteiger partial charge in [0.25, 0.3) is 5.91 Å². The Kier molecular flexibility index (Phi) is 3.42. The fourth-order valence-corrected chi connectivity index (χ4v) is 2.52. The van der Waals surface area contributed by atoms with Gasteiger partial charge >= 0.3 is 0 Å². The fraction of sp³-hybridized carbons (Fsp3) is 0.429. The number of aromatic amines is 1. The molecule has 2 unspecified atom stereocenters. The first-order valence-electron chi connectivity index (χ1n) is 6.76.